The van der Waals surface area contributed by atoms with Crippen molar-refractivity contribution in [3.8, 4) is 0 Å². The van der Waals surface area contributed by atoms with Crippen LogP contribution in [-0.2, 0) is 4.79 Å². The molecular weight excluding hydrogens is 598 g/mol. The Labute approximate surface area is 298 Å². The molecule has 4 atom stereocenters. The van der Waals surface area contributed by atoms with Crippen molar-refractivity contribution in [1.82, 2.24) is 5.32 Å². The van der Waals surface area contributed by atoms with Crippen LogP contribution >= 0.6 is 0 Å². The summed E-state index contributed by atoms with van der Waals surface area (Å²) in [5.74, 6) is -0.595. The SMILES string of the molecule is CCCCCCCCCCCCCCCCCCCC/C=C/CCCC(O)C(O)C(CO)NC(=O)C(O)CCCCCCCCCCC. The summed E-state index contributed by atoms with van der Waals surface area (Å²) in [6, 6.07) is -0.995. The van der Waals surface area contributed by atoms with E-state index in [1.54, 1.807) is 0 Å². The number of aliphatic hydroxyl groups is 4. The predicted octanol–water partition coefficient (Wildman–Crippen LogP) is 10.6. The molecule has 0 spiro atoms. The maximum atomic E-state index is 12.4. The second-order valence-corrected chi connectivity index (χ2v) is 14.7. The molecule has 0 bridgehead atoms. The number of carbonyl (C=O) groups is 1. The molecule has 0 aromatic rings. The van der Waals surface area contributed by atoms with Gasteiger partial charge >= 0.3 is 0 Å². The summed E-state index contributed by atoms with van der Waals surface area (Å²) in [6.45, 7) is 4.01. The van der Waals surface area contributed by atoms with Crippen molar-refractivity contribution in [3.63, 3.8) is 0 Å². The molecule has 4 unspecified atom stereocenters. The van der Waals surface area contributed by atoms with Crippen LogP contribution in [-0.4, -0.2) is 57.3 Å². The van der Waals surface area contributed by atoms with Gasteiger partial charge in [0, 0.05) is 0 Å². The summed E-state index contributed by atoms with van der Waals surface area (Å²) in [6.07, 6.45) is 39.8. The second kappa shape index (κ2) is 37.3. The zero-order valence-electron chi connectivity index (χ0n) is 32.0. The molecule has 0 aliphatic carbocycles. The highest BCUT2D eigenvalue weighted by atomic mass is 16.3. The van der Waals surface area contributed by atoms with Gasteiger partial charge in [-0.15, -0.1) is 0 Å². The van der Waals surface area contributed by atoms with Gasteiger partial charge in [-0.3, -0.25) is 4.79 Å². The lowest BCUT2D eigenvalue weighted by atomic mass is 10.00. The van der Waals surface area contributed by atoms with E-state index >= 15 is 0 Å². The first-order valence-electron chi connectivity index (χ1n) is 21.1. The van der Waals surface area contributed by atoms with E-state index in [1.165, 1.54) is 154 Å². The highest BCUT2D eigenvalue weighted by molar-refractivity contribution is 5.80. The molecule has 0 aromatic carbocycles. The summed E-state index contributed by atoms with van der Waals surface area (Å²) in [5, 5.41) is 43.4. The number of hydrogen-bond donors (Lipinski definition) is 5. The van der Waals surface area contributed by atoms with Gasteiger partial charge in [0.05, 0.1) is 18.8 Å². The fourth-order valence-electron chi connectivity index (χ4n) is 6.58. The molecule has 0 saturated heterocycles. The van der Waals surface area contributed by atoms with Gasteiger partial charge in [-0.2, -0.15) is 0 Å². The van der Waals surface area contributed by atoms with Crippen molar-refractivity contribution in [2.45, 2.75) is 244 Å². The van der Waals surface area contributed by atoms with Crippen LogP contribution in [0.15, 0.2) is 12.2 Å². The van der Waals surface area contributed by atoms with Crippen molar-refractivity contribution in [2.24, 2.45) is 0 Å². The highest BCUT2D eigenvalue weighted by Gasteiger charge is 2.28. The molecule has 0 aromatic heterocycles. The van der Waals surface area contributed by atoms with E-state index < -0.39 is 36.9 Å². The van der Waals surface area contributed by atoms with Crippen LogP contribution in [0.2, 0.25) is 0 Å². The van der Waals surface area contributed by atoms with Gasteiger partial charge in [0.25, 0.3) is 0 Å². The van der Waals surface area contributed by atoms with Gasteiger partial charge in [-0.25, -0.2) is 0 Å². The molecule has 6 nitrogen and oxygen atoms in total. The summed E-state index contributed by atoms with van der Waals surface area (Å²) < 4.78 is 0. The molecule has 0 radical (unpaired) electrons. The lowest BCUT2D eigenvalue weighted by Crippen LogP contribution is -2.53. The number of unbranched alkanes of at least 4 members (excludes halogenated alkanes) is 27. The number of nitrogens with one attached hydrogen (secondary N) is 1. The van der Waals surface area contributed by atoms with E-state index in [0.29, 0.717) is 12.8 Å². The molecule has 0 heterocycles. The predicted molar refractivity (Wildman–Crippen MR) is 205 cm³/mol. The lowest BCUT2D eigenvalue weighted by Gasteiger charge is -2.27. The molecule has 286 valence electrons. The number of carbonyl (C=O) groups excluding carboxylic acids is 1. The quantitative estimate of drug-likeness (QED) is 0.0329. The van der Waals surface area contributed by atoms with Crippen molar-refractivity contribution in [1.29, 1.82) is 0 Å². The van der Waals surface area contributed by atoms with E-state index in [0.717, 1.165) is 38.5 Å². The van der Waals surface area contributed by atoms with Gasteiger partial charge in [0.2, 0.25) is 5.91 Å². The Morgan fingerprint density at radius 2 is 0.854 bits per heavy atom. The molecule has 0 rings (SSSR count). The summed E-state index contributed by atoms with van der Waals surface area (Å²) in [5.41, 5.74) is 0. The number of allylic oxidation sites excluding steroid dienone is 2. The van der Waals surface area contributed by atoms with Gasteiger partial charge < -0.3 is 25.7 Å². The lowest BCUT2D eigenvalue weighted by molar-refractivity contribution is -0.132. The van der Waals surface area contributed by atoms with Crippen LogP contribution in [0.5, 0.6) is 0 Å². The van der Waals surface area contributed by atoms with E-state index in [2.05, 4.69) is 31.3 Å². The molecule has 6 heteroatoms. The molecule has 0 aliphatic heterocycles. The van der Waals surface area contributed by atoms with Crippen LogP contribution in [0.3, 0.4) is 0 Å². The van der Waals surface area contributed by atoms with Crippen LogP contribution in [0.25, 0.3) is 0 Å². The average molecular weight is 682 g/mol. The Kier molecular flexibility index (Phi) is 36.6. The van der Waals surface area contributed by atoms with E-state index in [9.17, 15) is 25.2 Å². The number of hydrogen-bond acceptors (Lipinski definition) is 5. The van der Waals surface area contributed by atoms with E-state index in [1.807, 2.05) is 0 Å². The van der Waals surface area contributed by atoms with Crippen LogP contribution in [0.4, 0.5) is 0 Å². The van der Waals surface area contributed by atoms with Crippen molar-refractivity contribution in [2.75, 3.05) is 6.61 Å². The minimum atomic E-state index is -1.28. The molecule has 5 N–H and O–H groups in total. The molecule has 1 amide bonds. The van der Waals surface area contributed by atoms with Crippen molar-refractivity contribution in [3.05, 3.63) is 12.2 Å². The molecule has 0 fully saturated rings. The topological polar surface area (TPSA) is 110 Å². The Morgan fingerprint density at radius 1 is 0.500 bits per heavy atom. The van der Waals surface area contributed by atoms with Crippen LogP contribution in [0.1, 0.15) is 219 Å². The van der Waals surface area contributed by atoms with Gasteiger partial charge in [0.15, 0.2) is 0 Å². The zero-order chi connectivity index (χ0) is 35.3. The third-order valence-electron chi connectivity index (χ3n) is 9.98. The number of rotatable bonds is 38. The largest absolute Gasteiger partial charge is 0.394 e. The fraction of sp³-hybridized carbons (Fsp3) is 0.929. The first kappa shape index (κ1) is 47.0. The Bertz CT molecular complexity index is 687. The van der Waals surface area contributed by atoms with Crippen LogP contribution in [0, 0.1) is 0 Å². The first-order chi connectivity index (χ1) is 23.5. The third-order valence-corrected chi connectivity index (χ3v) is 9.98. The summed E-state index contributed by atoms with van der Waals surface area (Å²) >= 11 is 0. The van der Waals surface area contributed by atoms with Gasteiger partial charge in [-0.1, -0.05) is 193 Å². The molecule has 0 aliphatic rings. The normalized spacial score (nSPS) is 14.4. The Hall–Kier alpha value is -0.950. The molecular formula is C42H83NO5. The van der Waals surface area contributed by atoms with Crippen molar-refractivity contribution >= 4 is 5.91 Å². The Balaban J connectivity index is 3.70. The maximum absolute atomic E-state index is 12.4. The fourth-order valence-corrected chi connectivity index (χ4v) is 6.58. The minimum absolute atomic E-state index is 0.365. The third kappa shape index (κ3) is 31.1. The zero-order valence-corrected chi connectivity index (χ0v) is 32.0. The minimum Gasteiger partial charge on any atom is -0.394 e. The van der Waals surface area contributed by atoms with Crippen molar-refractivity contribution < 1.29 is 25.2 Å². The van der Waals surface area contributed by atoms with Gasteiger partial charge in [0.1, 0.15) is 12.2 Å². The van der Waals surface area contributed by atoms with Crippen LogP contribution < -0.4 is 5.32 Å². The summed E-state index contributed by atoms with van der Waals surface area (Å²) in [4.78, 5) is 12.4. The second-order valence-electron chi connectivity index (χ2n) is 14.7. The number of aliphatic hydroxyl groups excluding tert-OH is 4. The van der Waals surface area contributed by atoms with E-state index in [-0.39, 0.29) is 0 Å². The smallest absolute Gasteiger partial charge is 0.249 e. The first-order valence-corrected chi connectivity index (χ1v) is 21.1. The van der Waals surface area contributed by atoms with E-state index in [4.69, 9.17) is 0 Å². The maximum Gasteiger partial charge on any atom is 0.249 e. The summed E-state index contributed by atoms with van der Waals surface area (Å²) in [7, 11) is 0. The highest BCUT2D eigenvalue weighted by Crippen LogP contribution is 2.16. The number of amides is 1. The molecule has 0 saturated carbocycles. The monoisotopic (exact) mass is 682 g/mol. The average Bonchev–Trinajstić information content (AvgIpc) is 3.09. The molecule has 48 heavy (non-hydrogen) atoms. The Morgan fingerprint density at radius 3 is 1.25 bits per heavy atom. The van der Waals surface area contributed by atoms with Gasteiger partial charge in [-0.05, 0) is 38.5 Å². The standard InChI is InChI=1S/C42H83NO5/c1-3-5-7-9-11-13-14-15-16-17-18-19-20-21-22-23-24-25-26-28-29-31-33-35-39(45)41(47)38(37-44)43-42(48)40(46)36-34-32-30-27-12-10-8-6-4-2/h28-29,38-41,44-47H,3-27,30-37H2,1-2H3,(H,43,48)/b29-28+.